The summed E-state index contributed by atoms with van der Waals surface area (Å²) in [4.78, 5) is 12.0. The number of rotatable bonds is 7. The van der Waals surface area contributed by atoms with Gasteiger partial charge in [-0.2, -0.15) is 8.42 Å². The summed E-state index contributed by atoms with van der Waals surface area (Å²) < 4.78 is 83.7. The lowest BCUT2D eigenvalue weighted by Gasteiger charge is -2.35. The van der Waals surface area contributed by atoms with Crippen molar-refractivity contribution in [1.82, 2.24) is 0 Å². The molecule has 1 atom stereocenters. The van der Waals surface area contributed by atoms with E-state index in [0.29, 0.717) is 0 Å². The van der Waals surface area contributed by atoms with Crippen molar-refractivity contribution < 1.29 is 39.7 Å². The van der Waals surface area contributed by atoms with Crippen LogP contribution < -0.4 is 14.4 Å². The summed E-state index contributed by atoms with van der Waals surface area (Å²) in [6.07, 6.45) is -1.77. The highest BCUT2D eigenvalue weighted by Crippen LogP contribution is 2.39. The molecule has 0 saturated carbocycles. The fourth-order valence-corrected chi connectivity index (χ4v) is 6.23. The molecule has 0 spiro atoms. The van der Waals surface area contributed by atoms with Crippen LogP contribution >= 0.6 is 0 Å². The third-order valence-corrected chi connectivity index (χ3v) is 8.75. The Morgan fingerprint density at radius 2 is 1.62 bits per heavy atom. The summed E-state index contributed by atoms with van der Waals surface area (Å²) in [6, 6.07) is 14.7. The van der Waals surface area contributed by atoms with Crippen LogP contribution in [0.5, 0.6) is 5.75 Å². The molecule has 10 nitrogen and oxygen atoms in total. The van der Waals surface area contributed by atoms with Crippen LogP contribution in [-0.2, 0) is 29.1 Å². The number of amides is 1. The lowest BCUT2D eigenvalue weighted by atomic mass is 10.2. The number of benzene rings is 3. The Morgan fingerprint density at radius 3 is 2.25 bits per heavy atom. The number of halogens is 1. The molecular formula is C27H29FN2O8S2. The predicted octanol–water partition coefficient (Wildman–Crippen LogP) is 4.84. The van der Waals surface area contributed by atoms with Crippen LogP contribution in [0.1, 0.15) is 26.3 Å². The number of carbonyl (C=O) groups is 1. The van der Waals surface area contributed by atoms with Crippen LogP contribution in [0.2, 0.25) is 0 Å². The molecule has 4 rings (SSSR count). The number of hydrogen-bond donors (Lipinski definition) is 1. The van der Waals surface area contributed by atoms with E-state index in [1.807, 2.05) is 6.92 Å². The van der Waals surface area contributed by atoms with Crippen LogP contribution in [0.15, 0.2) is 76.5 Å². The third kappa shape index (κ3) is 6.90. The van der Waals surface area contributed by atoms with Gasteiger partial charge in [0.05, 0.1) is 22.0 Å². The lowest BCUT2D eigenvalue weighted by molar-refractivity contribution is 0.0636. The molecule has 1 N–H and O–H groups in total. The van der Waals surface area contributed by atoms with E-state index in [-0.39, 0.29) is 33.5 Å². The van der Waals surface area contributed by atoms with Crippen LogP contribution in [0.3, 0.4) is 0 Å². The standard InChI is InChI=1S/C27H29FN2O8S2/c1-18-5-10-23(11-6-18)40(34,35)36-17-21-16-30(39(32,33)22-12-7-19(28)8-13-22)24-15-20(9-14-25(24)37-21)29-26(31)38-27(2,3)4/h5-15,21H,16-17H2,1-4H3,(H,29,31)/t21-/m0/s1. The highest BCUT2D eigenvalue weighted by molar-refractivity contribution is 7.92. The van der Waals surface area contributed by atoms with Crippen LogP contribution in [0.25, 0.3) is 0 Å². The van der Waals surface area contributed by atoms with Crippen molar-refractivity contribution in [1.29, 1.82) is 0 Å². The average Bonchev–Trinajstić information content (AvgIpc) is 2.86. The van der Waals surface area contributed by atoms with Crippen LogP contribution in [0.4, 0.5) is 20.6 Å². The summed E-state index contributed by atoms with van der Waals surface area (Å²) >= 11 is 0. The number of aryl methyl sites for hydroxylation is 1. The van der Waals surface area contributed by atoms with E-state index >= 15 is 0 Å². The molecule has 3 aromatic rings. The Bertz CT molecular complexity index is 1600. The van der Waals surface area contributed by atoms with Gasteiger partial charge in [0.1, 0.15) is 29.9 Å². The normalized spacial score (nSPS) is 15.6. The minimum atomic E-state index is -4.27. The molecule has 0 aliphatic carbocycles. The molecule has 1 amide bonds. The van der Waals surface area contributed by atoms with Gasteiger partial charge in [-0.25, -0.2) is 17.6 Å². The van der Waals surface area contributed by atoms with Crippen molar-refractivity contribution in [2.75, 3.05) is 22.8 Å². The highest BCUT2D eigenvalue weighted by atomic mass is 32.2. The smallest absolute Gasteiger partial charge is 0.412 e. The zero-order valence-electron chi connectivity index (χ0n) is 22.3. The van der Waals surface area contributed by atoms with E-state index in [0.717, 1.165) is 34.1 Å². The molecule has 1 aliphatic heterocycles. The third-order valence-electron chi connectivity index (χ3n) is 5.66. The van der Waals surface area contributed by atoms with Gasteiger partial charge in [-0.15, -0.1) is 0 Å². The van der Waals surface area contributed by atoms with E-state index in [1.165, 1.54) is 30.3 Å². The molecule has 0 aromatic heterocycles. The Kier molecular flexibility index (Phi) is 8.11. The monoisotopic (exact) mass is 592 g/mol. The van der Waals surface area contributed by atoms with E-state index in [4.69, 9.17) is 13.7 Å². The largest absolute Gasteiger partial charge is 0.484 e. The molecule has 0 fully saturated rings. The first-order chi connectivity index (χ1) is 18.6. The molecule has 40 heavy (non-hydrogen) atoms. The van der Waals surface area contributed by atoms with Gasteiger partial charge in [0.25, 0.3) is 20.1 Å². The van der Waals surface area contributed by atoms with Gasteiger partial charge in [-0.3, -0.25) is 13.8 Å². The number of carbonyl (C=O) groups excluding carboxylic acids is 1. The molecule has 1 heterocycles. The average molecular weight is 593 g/mol. The quantitative estimate of drug-likeness (QED) is 0.386. The first-order valence-electron chi connectivity index (χ1n) is 12.2. The van der Waals surface area contributed by atoms with Crippen LogP contribution in [-0.4, -0.2) is 47.8 Å². The minimum absolute atomic E-state index is 0.0528. The fraction of sp³-hybridized carbons (Fsp3) is 0.296. The van der Waals surface area contributed by atoms with E-state index < -0.39 is 50.4 Å². The molecule has 0 saturated heterocycles. The summed E-state index contributed by atoms with van der Waals surface area (Å²) in [6.45, 7) is 6.10. The number of ether oxygens (including phenoxy) is 2. The molecule has 13 heteroatoms. The molecular weight excluding hydrogens is 563 g/mol. The minimum Gasteiger partial charge on any atom is -0.484 e. The van der Waals surface area contributed by atoms with Crippen molar-refractivity contribution in [3.63, 3.8) is 0 Å². The van der Waals surface area contributed by atoms with Gasteiger partial charge in [-0.05, 0) is 82.3 Å². The second-order valence-corrected chi connectivity index (χ2v) is 13.6. The van der Waals surface area contributed by atoms with Gasteiger partial charge in [0.2, 0.25) is 0 Å². The number of sulfonamides is 1. The van der Waals surface area contributed by atoms with Crippen molar-refractivity contribution in [3.8, 4) is 5.75 Å². The SMILES string of the molecule is Cc1ccc(S(=O)(=O)OC[C@@H]2CN(S(=O)(=O)c3ccc(F)cc3)c3cc(NC(=O)OC(C)(C)C)ccc3O2)cc1. The van der Waals surface area contributed by atoms with Crippen LogP contribution in [0, 0.1) is 12.7 Å². The van der Waals surface area contributed by atoms with Gasteiger partial charge in [0.15, 0.2) is 0 Å². The van der Waals surface area contributed by atoms with Gasteiger partial charge >= 0.3 is 6.09 Å². The summed E-state index contributed by atoms with van der Waals surface area (Å²) in [7, 11) is -8.42. The summed E-state index contributed by atoms with van der Waals surface area (Å²) in [5.74, 6) is -0.509. The van der Waals surface area contributed by atoms with Gasteiger partial charge in [0, 0.05) is 5.69 Å². The molecule has 1 aliphatic rings. The van der Waals surface area contributed by atoms with Crippen molar-refractivity contribution in [2.45, 2.75) is 49.2 Å². The predicted molar refractivity (Wildman–Crippen MR) is 146 cm³/mol. The Balaban J connectivity index is 1.64. The number of nitrogens with zero attached hydrogens (tertiary/aromatic N) is 1. The first kappa shape index (κ1) is 29.3. The van der Waals surface area contributed by atoms with Crippen molar-refractivity contribution in [2.24, 2.45) is 0 Å². The summed E-state index contributed by atoms with van der Waals surface area (Å²) in [5.41, 5.74) is 0.419. The second-order valence-electron chi connectivity index (χ2n) is 10.1. The second kappa shape index (κ2) is 11.1. The number of anilines is 2. The van der Waals surface area contributed by atoms with E-state index in [9.17, 15) is 26.0 Å². The molecule has 0 bridgehead atoms. The lowest BCUT2D eigenvalue weighted by Crippen LogP contribution is -2.45. The summed E-state index contributed by atoms with van der Waals surface area (Å²) in [5, 5.41) is 2.55. The highest BCUT2D eigenvalue weighted by Gasteiger charge is 2.36. The Labute approximate surface area is 232 Å². The molecule has 0 unspecified atom stereocenters. The zero-order valence-corrected chi connectivity index (χ0v) is 23.9. The van der Waals surface area contributed by atoms with Gasteiger partial charge < -0.3 is 9.47 Å². The zero-order chi connectivity index (χ0) is 29.3. The van der Waals surface area contributed by atoms with Crippen molar-refractivity contribution in [3.05, 3.63) is 78.1 Å². The fourth-order valence-electron chi connectivity index (χ4n) is 3.80. The Hall–Kier alpha value is -3.68. The maximum Gasteiger partial charge on any atom is 0.412 e. The first-order valence-corrected chi connectivity index (χ1v) is 15.0. The van der Waals surface area contributed by atoms with E-state index in [1.54, 1.807) is 32.9 Å². The van der Waals surface area contributed by atoms with Gasteiger partial charge in [-0.1, -0.05) is 17.7 Å². The molecule has 3 aromatic carbocycles. The Morgan fingerprint density at radius 1 is 1.00 bits per heavy atom. The molecule has 214 valence electrons. The maximum atomic E-state index is 13.7. The maximum absolute atomic E-state index is 13.7. The number of nitrogens with one attached hydrogen (secondary N) is 1. The van der Waals surface area contributed by atoms with Crippen molar-refractivity contribution >= 4 is 37.6 Å². The topological polar surface area (TPSA) is 128 Å². The number of fused-ring (bicyclic) bond motifs is 1. The number of hydrogen-bond acceptors (Lipinski definition) is 8. The molecule has 0 radical (unpaired) electrons. The van der Waals surface area contributed by atoms with E-state index in [2.05, 4.69) is 5.32 Å².